The molecule has 0 saturated carbocycles. The Balaban J connectivity index is 1.83. The molecule has 3 N–H and O–H groups in total. The summed E-state index contributed by atoms with van der Waals surface area (Å²) in [7, 11) is 0. The maximum absolute atomic E-state index is 5.69. The minimum absolute atomic E-state index is 0.574. The molecule has 0 aliphatic heterocycles. The molecule has 3 rings (SSSR count). The third-order valence-electron chi connectivity index (χ3n) is 3.00. The van der Waals surface area contributed by atoms with Gasteiger partial charge < -0.3 is 11.1 Å². The van der Waals surface area contributed by atoms with Crippen LogP contribution in [0.15, 0.2) is 83.2 Å². The second-order valence-electron chi connectivity index (χ2n) is 4.65. The van der Waals surface area contributed by atoms with Gasteiger partial charge in [0.2, 0.25) is 0 Å². The Labute approximate surface area is 128 Å². The summed E-state index contributed by atoms with van der Waals surface area (Å²) < 4.78 is 0. The molecule has 22 heavy (non-hydrogen) atoms. The average molecular weight is 289 g/mol. The van der Waals surface area contributed by atoms with Crippen molar-refractivity contribution in [1.29, 1.82) is 0 Å². The van der Waals surface area contributed by atoms with Crippen molar-refractivity contribution >= 4 is 28.6 Å². The van der Waals surface area contributed by atoms with Gasteiger partial charge in [0.15, 0.2) is 5.82 Å². The largest absolute Gasteiger partial charge is 0.399 e. The van der Waals surface area contributed by atoms with E-state index in [0.717, 1.165) is 22.7 Å². The highest BCUT2D eigenvalue weighted by molar-refractivity contribution is 5.72. The van der Waals surface area contributed by atoms with Crippen molar-refractivity contribution in [3.8, 4) is 0 Å². The number of nitrogens with one attached hydrogen (secondary N) is 1. The average Bonchev–Trinajstić information content (AvgIpc) is 2.57. The molecular formula is C17H15N5. The van der Waals surface area contributed by atoms with Crippen molar-refractivity contribution in [2.24, 2.45) is 10.2 Å². The van der Waals surface area contributed by atoms with Crippen molar-refractivity contribution in [1.82, 2.24) is 4.98 Å². The molecule has 1 aromatic heterocycles. The van der Waals surface area contributed by atoms with Gasteiger partial charge in [-0.3, -0.25) is 0 Å². The van der Waals surface area contributed by atoms with E-state index < -0.39 is 0 Å². The van der Waals surface area contributed by atoms with E-state index in [4.69, 9.17) is 5.73 Å². The Bertz CT molecular complexity index is 767. The van der Waals surface area contributed by atoms with Crippen LogP contribution in [-0.4, -0.2) is 4.98 Å². The second-order valence-corrected chi connectivity index (χ2v) is 4.65. The highest BCUT2D eigenvalue weighted by Crippen LogP contribution is 2.29. The Hall–Kier alpha value is -3.21. The molecule has 0 atom stereocenters. The predicted octanol–water partition coefficient (Wildman–Crippen LogP) is 4.82. The quantitative estimate of drug-likeness (QED) is 0.534. The summed E-state index contributed by atoms with van der Waals surface area (Å²) in [6.45, 7) is 0. The highest BCUT2D eigenvalue weighted by Gasteiger charge is 2.01. The third kappa shape index (κ3) is 3.46. The lowest BCUT2D eigenvalue weighted by molar-refractivity contribution is 1.15. The van der Waals surface area contributed by atoms with E-state index in [1.165, 1.54) is 0 Å². The van der Waals surface area contributed by atoms with Gasteiger partial charge in [-0.05, 0) is 48.5 Å². The van der Waals surface area contributed by atoms with E-state index >= 15 is 0 Å². The van der Waals surface area contributed by atoms with Gasteiger partial charge >= 0.3 is 0 Å². The fourth-order valence-electron chi connectivity index (χ4n) is 1.91. The summed E-state index contributed by atoms with van der Waals surface area (Å²) >= 11 is 0. The number of aromatic nitrogens is 1. The van der Waals surface area contributed by atoms with Crippen molar-refractivity contribution in [2.45, 2.75) is 0 Å². The first-order chi connectivity index (χ1) is 10.8. The molecular weight excluding hydrogens is 274 g/mol. The molecule has 0 fully saturated rings. The van der Waals surface area contributed by atoms with E-state index in [2.05, 4.69) is 20.5 Å². The Kier molecular flexibility index (Phi) is 4.06. The Morgan fingerprint density at radius 3 is 2.36 bits per heavy atom. The molecule has 2 aromatic carbocycles. The second kappa shape index (κ2) is 6.49. The summed E-state index contributed by atoms with van der Waals surface area (Å²) in [5.41, 5.74) is 8.97. The SMILES string of the molecule is Nc1ccc(Nc2ccccc2N=Nc2ccccn2)cc1. The zero-order valence-corrected chi connectivity index (χ0v) is 11.8. The first-order valence-corrected chi connectivity index (χ1v) is 6.86. The minimum Gasteiger partial charge on any atom is -0.399 e. The number of nitrogen functional groups attached to an aromatic ring is 1. The van der Waals surface area contributed by atoms with Gasteiger partial charge in [-0.2, -0.15) is 0 Å². The molecule has 1 heterocycles. The number of pyridine rings is 1. The fourth-order valence-corrected chi connectivity index (χ4v) is 1.91. The van der Waals surface area contributed by atoms with Crippen LogP contribution in [0.4, 0.5) is 28.6 Å². The van der Waals surface area contributed by atoms with E-state index in [0.29, 0.717) is 5.82 Å². The number of nitrogens with two attached hydrogens (primary N) is 1. The summed E-state index contributed by atoms with van der Waals surface area (Å²) in [6.07, 6.45) is 1.69. The topological polar surface area (TPSA) is 75.7 Å². The van der Waals surface area contributed by atoms with E-state index in [1.54, 1.807) is 12.3 Å². The van der Waals surface area contributed by atoms with E-state index in [-0.39, 0.29) is 0 Å². The molecule has 108 valence electrons. The monoisotopic (exact) mass is 289 g/mol. The molecule has 0 saturated heterocycles. The molecule has 5 heteroatoms. The molecule has 0 unspecified atom stereocenters. The molecule has 0 aliphatic carbocycles. The van der Waals surface area contributed by atoms with Crippen LogP contribution in [0.2, 0.25) is 0 Å². The molecule has 0 amide bonds. The lowest BCUT2D eigenvalue weighted by Crippen LogP contribution is -1.91. The van der Waals surface area contributed by atoms with Crippen molar-refractivity contribution in [3.05, 3.63) is 72.9 Å². The number of para-hydroxylation sites is 1. The first-order valence-electron chi connectivity index (χ1n) is 6.86. The van der Waals surface area contributed by atoms with Crippen LogP contribution >= 0.6 is 0 Å². The maximum atomic E-state index is 5.69. The van der Waals surface area contributed by atoms with Gasteiger partial charge in [0.1, 0.15) is 5.69 Å². The first kappa shape index (κ1) is 13.8. The highest BCUT2D eigenvalue weighted by atomic mass is 15.2. The number of hydrogen-bond donors (Lipinski definition) is 2. The van der Waals surface area contributed by atoms with E-state index in [9.17, 15) is 0 Å². The third-order valence-corrected chi connectivity index (χ3v) is 3.00. The van der Waals surface area contributed by atoms with Crippen LogP contribution in [0.3, 0.4) is 0 Å². The van der Waals surface area contributed by atoms with Crippen LogP contribution in [0.1, 0.15) is 0 Å². The van der Waals surface area contributed by atoms with Crippen LogP contribution in [0, 0.1) is 0 Å². The van der Waals surface area contributed by atoms with Gasteiger partial charge in [-0.1, -0.05) is 18.2 Å². The normalized spacial score (nSPS) is 10.7. The Morgan fingerprint density at radius 1 is 0.818 bits per heavy atom. The zero-order valence-electron chi connectivity index (χ0n) is 11.8. The van der Waals surface area contributed by atoms with Gasteiger partial charge in [-0.25, -0.2) is 4.98 Å². The minimum atomic E-state index is 0.574. The number of benzene rings is 2. The lowest BCUT2D eigenvalue weighted by Gasteiger charge is -2.08. The Morgan fingerprint density at radius 2 is 1.59 bits per heavy atom. The smallest absolute Gasteiger partial charge is 0.174 e. The molecule has 0 aliphatic rings. The zero-order chi connectivity index (χ0) is 15.2. The molecule has 0 radical (unpaired) electrons. The number of nitrogens with zero attached hydrogens (tertiary/aromatic N) is 3. The fraction of sp³-hybridized carbons (Fsp3) is 0. The number of hydrogen-bond acceptors (Lipinski definition) is 5. The maximum Gasteiger partial charge on any atom is 0.174 e. The number of anilines is 3. The standard InChI is InChI=1S/C17H15N5/c18-13-8-10-14(11-9-13)20-15-5-1-2-6-16(15)21-22-17-7-3-4-12-19-17/h1-12,20H,18H2. The van der Waals surface area contributed by atoms with Crippen LogP contribution in [-0.2, 0) is 0 Å². The van der Waals surface area contributed by atoms with Gasteiger partial charge in [0.05, 0.1) is 5.69 Å². The molecule has 5 nitrogen and oxygen atoms in total. The van der Waals surface area contributed by atoms with Crippen molar-refractivity contribution in [3.63, 3.8) is 0 Å². The summed E-state index contributed by atoms with van der Waals surface area (Å²) in [6, 6.07) is 20.8. The summed E-state index contributed by atoms with van der Waals surface area (Å²) in [5, 5.41) is 11.7. The molecule has 0 spiro atoms. The van der Waals surface area contributed by atoms with Crippen LogP contribution < -0.4 is 11.1 Å². The summed E-state index contributed by atoms with van der Waals surface area (Å²) in [4.78, 5) is 4.12. The summed E-state index contributed by atoms with van der Waals surface area (Å²) in [5.74, 6) is 0.574. The number of rotatable bonds is 4. The number of azo groups is 1. The van der Waals surface area contributed by atoms with Crippen LogP contribution in [0.5, 0.6) is 0 Å². The predicted molar refractivity (Wildman–Crippen MR) is 89.0 cm³/mol. The van der Waals surface area contributed by atoms with Crippen molar-refractivity contribution in [2.75, 3.05) is 11.1 Å². The lowest BCUT2D eigenvalue weighted by atomic mass is 10.2. The van der Waals surface area contributed by atoms with E-state index in [1.807, 2.05) is 60.7 Å². The van der Waals surface area contributed by atoms with Crippen LogP contribution in [0.25, 0.3) is 0 Å². The van der Waals surface area contributed by atoms with Gasteiger partial charge in [-0.15, -0.1) is 10.2 Å². The van der Waals surface area contributed by atoms with Crippen molar-refractivity contribution < 1.29 is 0 Å². The van der Waals surface area contributed by atoms with Gasteiger partial charge in [0, 0.05) is 17.6 Å². The molecule has 0 bridgehead atoms. The molecule has 3 aromatic rings. The van der Waals surface area contributed by atoms with Gasteiger partial charge in [0.25, 0.3) is 0 Å².